The van der Waals surface area contributed by atoms with Crippen molar-refractivity contribution in [2.45, 2.75) is 39.2 Å². The number of hydrogen-bond donors (Lipinski definition) is 0. The minimum absolute atomic E-state index is 0.407. The van der Waals surface area contributed by atoms with Crippen molar-refractivity contribution >= 4 is 5.82 Å². The molecule has 6 heteroatoms. The van der Waals surface area contributed by atoms with Gasteiger partial charge in [0.1, 0.15) is 18.0 Å². The molecule has 1 fully saturated rings. The Labute approximate surface area is 154 Å². The van der Waals surface area contributed by atoms with Crippen LogP contribution < -0.4 is 4.90 Å². The Kier molecular flexibility index (Phi) is 4.65. The van der Waals surface area contributed by atoms with Crippen LogP contribution in [0.3, 0.4) is 0 Å². The Morgan fingerprint density at radius 2 is 2.08 bits per heavy atom. The van der Waals surface area contributed by atoms with Crippen molar-refractivity contribution < 1.29 is 0 Å². The molecule has 26 heavy (non-hydrogen) atoms. The topological polar surface area (TPSA) is 59.7 Å². The summed E-state index contributed by atoms with van der Waals surface area (Å²) in [5.41, 5.74) is 3.42. The van der Waals surface area contributed by atoms with Crippen LogP contribution in [-0.2, 0) is 6.54 Å². The lowest BCUT2D eigenvalue weighted by atomic mass is 9.96. The van der Waals surface area contributed by atoms with Crippen LogP contribution in [-0.4, -0.2) is 37.6 Å². The van der Waals surface area contributed by atoms with Gasteiger partial charge in [0.2, 0.25) is 0 Å². The highest BCUT2D eigenvalue weighted by molar-refractivity contribution is 5.48. The number of aromatic nitrogens is 5. The molecule has 0 radical (unpaired) electrons. The summed E-state index contributed by atoms with van der Waals surface area (Å²) >= 11 is 0. The van der Waals surface area contributed by atoms with E-state index < -0.39 is 0 Å². The fourth-order valence-electron chi connectivity index (χ4n) is 3.73. The van der Waals surface area contributed by atoms with Gasteiger partial charge in [0.25, 0.3) is 0 Å². The molecule has 1 atom stereocenters. The van der Waals surface area contributed by atoms with Crippen molar-refractivity contribution in [2.75, 3.05) is 18.0 Å². The van der Waals surface area contributed by atoms with Crippen molar-refractivity contribution in [1.29, 1.82) is 0 Å². The summed E-state index contributed by atoms with van der Waals surface area (Å²) in [6.07, 6.45) is 11.7. The van der Waals surface area contributed by atoms with Crippen LogP contribution in [0.15, 0.2) is 43.2 Å². The molecule has 1 aliphatic rings. The summed E-state index contributed by atoms with van der Waals surface area (Å²) in [6.45, 7) is 6.95. The lowest BCUT2D eigenvalue weighted by Crippen LogP contribution is -2.36. The van der Waals surface area contributed by atoms with E-state index in [1.165, 1.54) is 11.1 Å². The van der Waals surface area contributed by atoms with Gasteiger partial charge in [0, 0.05) is 55.1 Å². The van der Waals surface area contributed by atoms with E-state index in [2.05, 4.69) is 48.6 Å². The molecule has 0 spiro atoms. The maximum absolute atomic E-state index is 4.69. The standard InChI is InChI=1S/C20H24N6/c1-15-16(2)23-14-24-19(15)25-9-4-6-18(13-25)20-22-8-10-26(20)12-17-5-3-7-21-11-17/h3,5,7-8,10-11,14,18H,4,6,9,12-13H2,1-2H3/t18-/m0/s1. The zero-order chi connectivity index (χ0) is 17.9. The molecule has 0 amide bonds. The van der Waals surface area contributed by atoms with Gasteiger partial charge in [0.05, 0.1) is 6.54 Å². The maximum Gasteiger partial charge on any atom is 0.135 e. The van der Waals surface area contributed by atoms with E-state index in [4.69, 9.17) is 0 Å². The molecule has 0 saturated carbocycles. The second-order valence-corrected chi connectivity index (χ2v) is 6.97. The Balaban J connectivity index is 1.55. The van der Waals surface area contributed by atoms with Crippen LogP contribution in [0.5, 0.6) is 0 Å². The van der Waals surface area contributed by atoms with Gasteiger partial charge >= 0.3 is 0 Å². The smallest absolute Gasteiger partial charge is 0.135 e. The molecule has 3 aromatic heterocycles. The highest BCUT2D eigenvalue weighted by Crippen LogP contribution is 2.30. The second kappa shape index (κ2) is 7.23. The third-order valence-electron chi connectivity index (χ3n) is 5.22. The van der Waals surface area contributed by atoms with Crippen molar-refractivity contribution in [3.05, 3.63) is 65.9 Å². The highest BCUT2D eigenvalue weighted by Gasteiger charge is 2.26. The van der Waals surface area contributed by atoms with Crippen LogP contribution in [0.2, 0.25) is 0 Å². The summed E-state index contributed by atoms with van der Waals surface area (Å²) in [4.78, 5) is 20.2. The van der Waals surface area contributed by atoms with Crippen LogP contribution in [0, 0.1) is 13.8 Å². The first-order valence-electron chi connectivity index (χ1n) is 9.15. The molecule has 1 saturated heterocycles. The zero-order valence-electron chi connectivity index (χ0n) is 15.3. The number of imidazole rings is 1. The van der Waals surface area contributed by atoms with E-state index in [0.717, 1.165) is 49.8 Å². The maximum atomic E-state index is 4.69. The Bertz CT molecular complexity index is 873. The second-order valence-electron chi connectivity index (χ2n) is 6.97. The summed E-state index contributed by atoms with van der Waals surface area (Å²) in [7, 11) is 0. The number of anilines is 1. The number of nitrogens with zero attached hydrogens (tertiary/aromatic N) is 6. The van der Waals surface area contributed by atoms with Crippen LogP contribution in [0.25, 0.3) is 0 Å². The number of pyridine rings is 1. The van der Waals surface area contributed by atoms with Crippen molar-refractivity contribution in [2.24, 2.45) is 0 Å². The van der Waals surface area contributed by atoms with Gasteiger partial charge in [-0.15, -0.1) is 0 Å². The first-order valence-corrected chi connectivity index (χ1v) is 9.15. The monoisotopic (exact) mass is 348 g/mol. The first kappa shape index (κ1) is 16.7. The molecule has 0 unspecified atom stereocenters. The average Bonchev–Trinajstić information content (AvgIpc) is 3.13. The number of rotatable bonds is 4. The van der Waals surface area contributed by atoms with Gasteiger partial charge in [-0.25, -0.2) is 15.0 Å². The fraction of sp³-hybridized carbons (Fsp3) is 0.400. The van der Waals surface area contributed by atoms with Crippen molar-refractivity contribution in [1.82, 2.24) is 24.5 Å². The molecular formula is C20H24N6. The molecule has 6 nitrogen and oxygen atoms in total. The van der Waals surface area contributed by atoms with E-state index in [-0.39, 0.29) is 0 Å². The van der Waals surface area contributed by atoms with Crippen molar-refractivity contribution in [3.63, 3.8) is 0 Å². The SMILES string of the molecule is Cc1ncnc(N2CCC[C@H](c3nccn3Cc3cccnc3)C2)c1C. The normalized spacial score (nSPS) is 17.5. The van der Waals surface area contributed by atoms with Gasteiger partial charge in [-0.05, 0) is 38.3 Å². The quantitative estimate of drug-likeness (QED) is 0.725. The number of aryl methyl sites for hydroxylation is 1. The van der Waals surface area contributed by atoms with Crippen LogP contribution in [0.4, 0.5) is 5.82 Å². The molecule has 0 N–H and O–H groups in total. The zero-order valence-corrected chi connectivity index (χ0v) is 15.3. The number of hydrogen-bond acceptors (Lipinski definition) is 5. The lowest BCUT2D eigenvalue weighted by molar-refractivity contribution is 0.473. The predicted octanol–water partition coefficient (Wildman–Crippen LogP) is 3.12. The average molecular weight is 348 g/mol. The van der Waals surface area contributed by atoms with E-state index in [9.17, 15) is 0 Å². The lowest BCUT2D eigenvalue weighted by Gasteiger charge is -2.34. The van der Waals surface area contributed by atoms with E-state index >= 15 is 0 Å². The summed E-state index contributed by atoms with van der Waals surface area (Å²) in [6, 6.07) is 4.09. The first-order chi connectivity index (χ1) is 12.7. The van der Waals surface area contributed by atoms with Gasteiger partial charge in [-0.3, -0.25) is 4.98 Å². The molecule has 4 rings (SSSR count). The van der Waals surface area contributed by atoms with E-state index in [1.54, 1.807) is 6.33 Å². The molecule has 0 aromatic carbocycles. The fourth-order valence-corrected chi connectivity index (χ4v) is 3.73. The van der Waals surface area contributed by atoms with Gasteiger partial charge in [-0.1, -0.05) is 6.07 Å². The van der Waals surface area contributed by atoms with Crippen molar-refractivity contribution in [3.8, 4) is 0 Å². The Morgan fingerprint density at radius 3 is 2.92 bits per heavy atom. The van der Waals surface area contributed by atoms with Gasteiger partial charge in [-0.2, -0.15) is 0 Å². The Morgan fingerprint density at radius 1 is 1.15 bits per heavy atom. The Hall–Kier alpha value is -2.76. The number of piperidine rings is 1. The predicted molar refractivity (Wildman–Crippen MR) is 101 cm³/mol. The molecule has 134 valence electrons. The minimum atomic E-state index is 0.407. The third-order valence-corrected chi connectivity index (χ3v) is 5.22. The molecule has 4 heterocycles. The van der Waals surface area contributed by atoms with Gasteiger partial charge < -0.3 is 9.47 Å². The summed E-state index contributed by atoms with van der Waals surface area (Å²) in [5.74, 6) is 2.62. The third kappa shape index (κ3) is 3.31. The molecule has 0 aliphatic carbocycles. The molecule has 3 aromatic rings. The van der Waals surface area contributed by atoms with E-state index in [0.29, 0.717) is 5.92 Å². The largest absolute Gasteiger partial charge is 0.356 e. The molecule has 0 bridgehead atoms. The van der Waals surface area contributed by atoms with E-state index in [1.807, 2.05) is 31.6 Å². The molecular weight excluding hydrogens is 324 g/mol. The van der Waals surface area contributed by atoms with Crippen LogP contribution >= 0.6 is 0 Å². The van der Waals surface area contributed by atoms with Gasteiger partial charge in [0.15, 0.2) is 0 Å². The highest BCUT2D eigenvalue weighted by atomic mass is 15.2. The summed E-state index contributed by atoms with van der Waals surface area (Å²) < 4.78 is 2.25. The van der Waals surface area contributed by atoms with Crippen LogP contribution in [0.1, 0.15) is 41.4 Å². The minimum Gasteiger partial charge on any atom is -0.356 e. The summed E-state index contributed by atoms with van der Waals surface area (Å²) in [5, 5.41) is 0. The molecule has 1 aliphatic heterocycles.